The smallest absolute Gasteiger partial charge is 0.123 e. The van der Waals surface area contributed by atoms with Crippen molar-refractivity contribution in [3.8, 4) is 0 Å². The Hall–Kier alpha value is -1.71. The van der Waals surface area contributed by atoms with Gasteiger partial charge in [-0.3, -0.25) is 0 Å². The van der Waals surface area contributed by atoms with Crippen molar-refractivity contribution in [3.05, 3.63) is 70.9 Å². The first kappa shape index (κ1) is 13.3. The van der Waals surface area contributed by atoms with Crippen LogP contribution in [0.15, 0.2) is 53.9 Å². The van der Waals surface area contributed by atoms with Crippen molar-refractivity contribution in [2.24, 2.45) is 0 Å². The molecule has 102 valence electrons. The molecular weight excluding hydrogens is 269 g/mol. The highest BCUT2D eigenvalue weighted by molar-refractivity contribution is 7.17. The quantitative estimate of drug-likeness (QED) is 0.686. The minimum Gasteiger partial charge on any atom is -0.312 e. The van der Waals surface area contributed by atoms with E-state index in [2.05, 4.69) is 35.0 Å². The van der Waals surface area contributed by atoms with E-state index < -0.39 is 0 Å². The Bertz CT molecular complexity index is 688. The summed E-state index contributed by atoms with van der Waals surface area (Å²) < 4.78 is 14.1. The predicted molar refractivity (Wildman–Crippen MR) is 83.6 cm³/mol. The van der Waals surface area contributed by atoms with Crippen molar-refractivity contribution in [2.45, 2.75) is 13.0 Å². The van der Waals surface area contributed by atoms with Gasteiger partial charge in [-0.25, -0.2) is 4.39 Å². The lowest BCUT2D eigenvalue weighted by Gasteiger charge is -2.04. The number of thiophene rings is 1. The van der Waals surface area contributed by atoms with Crippen LogP contribution in [-0.2, 0) is 13.0 Å². The van der Waals surface area contributed by atoms with Gasteiger partial charge in [0.05, 0.1) is 0 Å². The first-order valence-electron chi connectivity index (χ1n) is 6.73. The molecule has 0 aliphatic rings. The molecule has 2 aromatic carbocycles. The van der Waals surface area contributed by atoms with Crippen LogP contribution in [0.1, 0.15) is 11.1 Å². The van der Waals surface area contributed by atoms with Gasteiger partial charge < -0.3 is 5.32 Å². The van der Waals surface area contributed by atoms with E-state index in [0.29, 0.717) is 0 Å². The normalized spacial score (nSPS) is 11.1. The van der Waals surface area contributed by atoms with E-state index in [1.54, 1.807) is 11.3 Å². The van der Waals surface area contributed by atoms with Crippen molar-refractivity contribution in [3.63, 3.8) is 0 Å². The fourth-order valence-electron chi connectivity index (χ4n) is 2.28. The molecule has 1 aromatic heterocycles. The third-order valence-corrected chi connectivity index (χ3v) is 4.39. The van der Waals surface area contributed by atoms with Crippen molar-refractivity contribution in [1.29, 1.82) is 0 Å². The first-order valence-corrected chi connectivity index (χ1v) is 7.61. The van der Waals surface area contributed by atoms with E-state index in [0.717, 1.165) is 25.1 Å². The summed E-state index contributed by atoms with van der Waals surface area (Å²) in [7, 11) is 0. The molecule has 0 aliphatic carbocycles. The summed E-state index contributed by atoms with van der Waals surface area (Å²) in [6, 6.07) is 15.2. The summed E-state index contributed by atoms with van der Waals surface area (Å²) >= 11 is 1.79. The minimum absolute atomic E-state index is 0.175. The first-order chi connectivity index (χ1) is 9.83. The summed E-state index contributed by atoms with van der Waals surface area (Å²) in [5.41, 5.74) is 2.51. The zero-order valence-electron chi connectivity index (χ0n) is 11.1. The largest absolute Gasteiger partial charge is 0.312 e. The van der Waals surface area contributed by atoms with Crippen LogP contribution >= 0.6 is 11.3 Å². The van der Waals surface area contributed by atoms with Gasteiger partial charge in [0.15, 0.2) is 0 Å². The molecule has 0 unspecified atom stereocenters. The van der Waals surface area contributed by atoms with Gasteiger partial charge in [0.1, 0.15) is 5.82 Å². The van der Waals surface area contributed by atoms with Crippen molar-refractivity contribution < 1.29 is 4.39 Å². The fraction of sp³-hybridized carbons (Fsp3) is 0.176. The van der Waals surface area contributed by atoms with Gasteiger partial charge in [0.25, 0.3) is 0 Å². The molecule has 1 heterocycles. The number of fused-ring (bicyclic) bond motifs is 1. The summed E-state index contributed by atoms with van der Waals surface area (Å²) in [5, 5.41) is 7.01. The lowest BCUT2D eigenvalue weighted by molar-refractivity contribution is 0.626. The maximum absolute atomic E-state index is 12.8. The standard InChI is InChI=1S/C17H16FNS/c18-15-7-5-13(6-8-15)9-10-19-11-14-12-20-17-4-2-1-3-16(14)17/h1-8,12,19H,9-11H2. The van der Waals surface area contributed by atoms with E-state index in [4.69, 9.17) is 0 Å². The molecule has 0 radical (unpaired) electrons. The van der Waals surface area contributed by atoms with Gasteiger partial charge >= 0.3 is 0 Å². The highest BCUT2D eigenvalue weighted by atomic mass is 32.1. The van der Waals surface area contributed by atoms with Crippen LogP contribution in [0.3, 0.4) is 0 Å². The third-order valence-electron chi connectivity index (χ3n) is 3.38. The van der Waals surface area contributed by atoms with E-state index in [-0.39, 0.29) is 5.82 Å². The highest BCUT2D eigenvalue weighted by Gasteiger charge is 2.02. The number of nitrogens with one attached hydrogen (secondary N) is 1. The molecule has 0 fully saturated rings. The van der Waals surface area contributed by atoms with Gasteiger partial charge in [-0.15, -0.1) is 11.3 Å². The Morgan fingerprint density at radius 1 is 1.00 bits per heavy atom. The molecule has 0 atom stereocenters. The Morgan fingerprint density at radius 3 is 2.65 bits per heavy atom. The van der Waals surface area contributed by atoms with E-state index in [9.17, 15) is 4.39 Å². The molecule has 1 N–H and O–H groups in total. The average Bonchev–Trinajstić information content (AvgIpc) is 2.89. The Labute approximate surface area is 122 Å². The van der Waals surface area contributed by atoms with Gasteiger partial charge in [0.2, 0.25) is 0 Å². The fourth-order valence-corrected chi connectivity index (χ4v) is 3.24. The van der Waals surface area contributed by atoms with Crippen LogP contribution in [-0.4, -0.2) is 6.54 Å². The topological polar surface area (TPSA) is 12.0 Å². The van der Waals surface area contributed by atoms with Crippen molar-refractivity contribution >= 4 is 21.4 Å². The summed E-state index contributed by atoms with van der Waals surface area (Å²) in [4.78, 5) is 0. The zero-order chi connectivity index (χ0) is 13.8. The van der Waals surface area contributed by atoms with E-state index in [1.165, 1.54) is 27.8 Å². The SMILES string of the molecule is Fc1ccc(CCNCc2csc3ccccc23)cc1. The van der Waals surface area contributed by atoms with E-state index >= 15 is 0 Å². The molecule has 20 heavy (non-hydrogen) atoms. The lowest BCUT2D eigenvalue weighted by atomic mass is 10.1. The van der Waals surface area contributed by atoms with Gasteiger partial charge in [-0.05, 0) is 53.1 Å². The molecule has 0 bridgehead atoms. The molecule has 0 amide bonds. The monoisotopic (exact) mass is 285 g/mol. The summed E-state index contributed by atoms with van der Waals surface area (Å²) in [6.07, 6.45) is 0.919. The second-order valence-electron chi connectivity index (χ2n) is 4.81. The summed E-state index contributed by atoms with van der Waals surface area (Å²) in [5.74, 6) is -0.175. The number of benzene rings is 2. The van der Waals surface area contributed by atoms with Crippen molar-refractivity contribution in [2.75, 3.05) is 6.54 Å². The second kappa shape index (κ2) is 6.16. The van der Waals surface area contributed by atoms with Gasteiger partial charge in [-0.1, -0.05) is 30.3 Å². The Morgan fingerprint density at radius 2 is 1.80 bits per heavy atom. The van der Waals surface area contributed by atoms with E-state index in [1.807, 2.05) is 12.1 Å². The van der Waals surface area contributed by atoms with Crippen LogP contribution in [0, 0.1) is 5.82 Å². The minimum atomic E-state index is -0.175. The van der Waals surface area contributed by atoms with Gasteiger partial charge in [-0.2, -0.15) is 0 Å². The molecule has 0 saturated heterocycles. The molecule has 0 aliphatic heterocycles. The molecule has 0 saturated carbocycles. The maximum Gasteiger partial charge on any atom is 0.123 e. The molecule has 3 rings (SSSR count). The molecule has 3 aromatic rings. The van der Waals surface area contributed by atoms with Crippen LogP contribution in [0.2, 0.25) is 0 Å². The number of halogens is 1. The second-order valence-corrected chi connectivity index (χ2v) is 5.72. The number of hydrogen-bond donors (Lipinski definition) is 1. The van der Waals surface area contributed by atoms with Crippen LogP contribution < -0.4 is 5.32 Å². The van der Waals surface area contributed by atoms with Gasteiger partial charge in [0, 0.05) is 11.2 Å². The predicted octanol–water partition coefficient (Wildman–Crippen LogP) is 4.37. The number of hydrogen-bond acceptors (Lipinski definition) is 2. The zero-order valence-corrected chi connectivity index (χ0v) is 11.9. The lowest BCUT2D eigenvalue weighted by Crippen LogP contribution is -2.16. The molecular formula is C17H16FNS. The molecule has 1 nitrogen and oxygen atoms in total. The molecule has 3 heteroatoms. The third kappa shape index (κ3) is 3.06. The Balaban J connectivity index is 1.54. The van der Waals surface area contributed by atoms with Crippen LogP contribution in [0.4, 0.5) is 4.39 Å². The summed E-state index contributed by atoms with van der Waals surface area (Å²) in [6.45, 7) is 1.78. The van der Waals surface area contributed by atoms with Crippen molar-refractivity contribution in [1.82, 2.24) is 5.32 Å². The average molecular weight is 285 g/mol. The Kier molecular flexibility index (Phi) is 4.09. The maximum atomic E-state index is 12.8. The highest BCUT2D eigenvalue weighted by Crippen LogP contribution is 2.25. The number of rotatable bonds is 5. The van der Waals surface area contributed by atoms with Crippen LogP contribution in [0.25, 0.3) is 10.1 Å². The molecule has 0 spiro atoms. The van der Waals surface area contributed by atoms with Crippen LogP contribution in [0.5, 0.6) is 0 Å².